The molecule has 0 bridgehead atoms. The molecule has 12 heteroatoms. The Bertz CT molecular complexity index is 884. The topological polar surface area (TPSA) is 101 Å². The Morgan fingerprint density at radius 1 is 1.07 bits per heavy atom. The van der Waals surface area contributed by atoms with Crippen LogP contribution in [-0.2, 0) is 18.6 Å². The number of fused-ring (bicyclic) bond motifs is 1. The minimum Gasteiger partial charge on any atom is -0.383 e. The van der Waals surface area contributed by atoms with Crippen molar-refractivity contribution in [3.05, 3.63) is 41.1 Å². The van der Waals surface area contributed by atoms with Crippen molar-refractivity contribution in [3.8, 4) is 0 Å². The highest BCUT2D eigenvalue weighted by molar-refractivity contribution is 5.61. The average Bonchev–Trinajstić information content (AvgIpc) is 2.96. The van der Waals surface area contributed by atoms with Gasteiger partial charge in [-0.1, -0.05) is 12.1 Å². The SMILES string of the molecule is Nc1ncc(CN2CCc3cc(C(O)(C(F)(F)F)C(F)(F)F)ccc32)c(N)n1. The molecule has 0 radical (unpaired) electrons. The van der Waals surface area contributed by atoms with E-state index >= 15 is 0 Å². The summed E-state index contributed by atoms with van der Waals surface area (Å²) in [6.07, 6.45) is -10.2. The molecule has 28 heavy (non-hydrogen) atoms. The summed E-state index contributed by atoms with van der Waals surface area (Å²) in [5.74, 6) is 0.104. The first-order valence-corrected chi connectivity index (χ1v) is 7.95. The first-order valence-electron chi connectivity index (χ1n) is 7.95. The molecule has 0 amide bonds. The number of nitrogen functional groups attached to an aromatic ring is 2. The molecule has 0 saturated carbocycles. The molecule has 0 atom stereocenters. The lowest BCUT2D eigenvalue weighted by atomic mass is 9.90. The van der Waals surface area contributed by atoms with Crippen molar-refractivity contribution in [1.29, 1.82) is 0 Å². The molecular weight excluding hydrogens is 392 g/mol. The van der Waals surface area contributed by atoms with E-state index < -0.39 is 23.5 Å². The zero-order chi connectivity index (χ0) is 20.9. The fourth-order valence-electron chi connectivity index (χ4n) is 3.11. The third kappa shape index (κ3) is 3.17. The number of nitrogens with two attached hydrogens (primary N) is 2. The Morgan fingerprint density at radius 2 is 1.71 bits per heavy atom. The minimum absolute atomic E-state index is 0.0219. The first kappa shape index (κ1) is 20.0. The second-order valence-electron chi connectivity index (χ2n) is 6.36. The van der Waals surface area contributed by atoms with Gasteiger partial charge in [0.25, 0.3) is 5.60 Å². The van der Waals surface area contributed by atoms with E-state index in [0.29, 0.717) is 23.9 Å². The highest BCUT2D eigenvalue weighted by Crippen LogP contribution is 2.50. The van der Waals surface area contributed by atoms with E-state index in [1.165, 1.54) is 6.20 Å². The van der Waals surface area contributed by atoms with Crippen molar-refractivity contribution in [2.24, 2.45) is 0 Å². The van der Waals surface area contributed by atoms with Crippen LogP contribution in [0.5, 0.6) is 0 Å². The molecule has 152 valence electrons. The number of aliphatic hydroxyl groups is 1. The van der Waals surface area contributed by atoms with E-state index in [4.69, 9.17) is 11.5 Å². The standard InChI is InChI=1S/C16H15F6N5O/c17-15(18,19)14(28,16(20,21)22)10-1-2-11-8(5-10)3-4-27(11)7-9-6-25-13(24)26-12(9)23/h1-2,5-6,28H,3-4,7H2,(H4,23,24,25,26). The molecular formula is C16H15F6N5O. The third-order valence-corrected chi connectivity index (χ3v) is 4.59. The van der Waals surface area contributed by atoms with E-state index in [1.807, 2.05) is 0 Å². The Kier molecular flexibility index (Phi) is 4.57. The molecule has 1 aliphatic heterocycles. The van der Waals surface area contributed by atoms with Crippen LogP contribution in [0, 0.1) is 0 Å². The monoisotopic (exact) mass is 407 g/mol. The van der Waals surface area contributed by atoms with E-state index in [2.05, 4.69) is 9.97 Å². The zero-order valence-electron chi connectivity index (χ0n) is 14.1. The molecule has 0 fully saturated rings. The van der Waals surface area contributed by atoms with Crippen LogP contribution in [0.1, 0.15) is 16.7 Å². The third-order valence-electron chi connectivity index (χ3n) is 4.59. The van der Waals surface area contributed by atoms with E-state index in [1.54, 1.807) is 4.90 Å². The number of nitrogens with zero attached hydrogens (tertiary/aromatic N) is 3. The summed E-state index contributed by atoms with van der Waals surface area (Å²) in [6.45, 7) is 0.528. The molecule has 0 unspecified atom stereocenters. The van der Waals surface area contributed by atoms with Gasteiger partial charge in [-0.05, 0) is 18.1 Å². The summed E-state index contributed by atoms with van der Waals surface area (Å²) in [6, 6.07) is 2.48. The number of benzene rings is 1. The number of rotatable bonds is 3. The fourth-order valence-corrected chi connectivity index (χ4v) is 3.11. The molecule has 1 aromatic carbocycles. The Morgan fingerprint density at radius 3 is 2.29 bits per heavy atom. The van der Waals surface area contributed by atoms with Crippen molar-refractivity contribution in [3.63, 3.8) is 0 Å². The first-order chi connectivity index (χ1) is 12.8. The van der Waals surface area contributed by atoms with Gasteiger partial charge in [0, 0.05) is 36.1 Å². The second-order valence-corrected chi connectivity index (χ2v) is 6.36. The van der Waals surface area contributed by atoms with Gasteiger partial charge in [0.15, 0.2) is 0 Å². The summed E-state index contributed by atoms with van der Waals surface area (Å²) in [5, 5.41) is 9.54. The van der Waals surface area contributed by atoms with Crippen LogP contribution in [0.3, 0.4) is 0 Å². The van der Waals surface area contributed by atoms with Crippen LogP contribution in [0.25, 0.3) is 0 Å². The molecule has 2 aromatic rings. The van der Waals surface area contributed by atoms with Crippen LogP contribution in [0.15, 0.2) is 24.4 Å². The molecule has 1 aromatic heterocycles. The number of hydrogen-bond donors (Lipinski definition) is 3. The lowest BCUT2D eigenvalue weighted by molar-refractivity contribution is -0.376. The fraction of sp³-hybridized carbons (Fsp3) is 0.375. The molecule has 3 rings (SSSR count). The Hall–Kier alpha value is -2.76. The lowest BCUT2D eigenvalue weighted by Gasteiger charge is -2.33. The number of anilines is 3. The predicted molar refractivity (Wildman–Crippen MR) is 88.1 cm³/mol. The largest absolute Gasteiger partial charge is 0.430 e. The van der Waals surface area contributed by atoms with E-state index in [9.17, 15) is 31.4 Å². The molecule has 6 nitrogen and oxygen atoms in total. The van der Waals surface area contributed by atoms with Gasteiger partial charge < -0.3 is 21.5 Å². The van der Waals surface area contributed by atoms with Gasteiger partial charge >= 0.3 is 12.4 Å². The van der Waals surface area contributed by atoms with Gasteiger partial charge in [-0.2, -0.15) is 31.3 Å². The number of aromatic nitrogens is 2. The van der Waals surface area contributed by atoms with E-state index in [0.717, 1.165) is 12.1 Å². The summed E-state index contributed by atoms with van der Waals surface area (Å²) < 4.78 is 78.4. The summed E-state index contributed by atoms with van der Waals surface area (Å²) >= 11 is 0. The maximum absolute atomic E-state index is 13.1. The minimum atomic E-state index is -5.92. The summed E-state index contributed by atoms with van der Waals surface area (Å²) in [5.41, 5.74) is 6.14. The maximum atomic E-state index is 13.1. The number of halogens is 6. The van der Waals surface area contributed by atoms with Gasteiger partial charge in [-0.3, -0.25) is 0 Å². The van der Waals surface area contributed by atoms with Crippen molar-refractivity contribution >= 4 is 17.5 Å². The molecule has 0 aliphatic carbocycles. The predicted octanol–water partition coefficient (Wildman–Crippen LogP) is 2.52. The second kappa shape index (κ2) is 6.40. The summed E-state index contributed by atoms with van der Waals surface area (Å²) in [7, 11) is 0. The van der Waals surface area contributed by atoms with Crippen LogP contribution in [0.2, 0.25) is 0 Å². The van der Waals surface area contributed by atoms with Gasteiger partial charge in [0.1, 0.15) is 5.82 Å². The highest BCUT2D eigenvalue weighted by Gasteiger charge is 2.71. The van der Waals surface area contributed by atoms with E-state index in [-0.39, 0.29) is 30.3 Å². The molecule has 2 heterocycles. The normalized spacial score (nSPS) is 15.0. The lowest BCUT2D eigenvalue weighted by Crippen LogP contribution is -2.53. The molecule has 1 aliphatic rings. The van der Waals surface area contributed by atoms with Crippen molar-refractivity contribution in [2.45, 2.75) is 30.9 Å². The van der Waals surface area contributed by atoms with Crippen molar-refractivity contribution in [1.82, 2.24) is 9.97 Å². The average molecular weight is 407 g/mol. The Balaban J connectivity index is 1.95. The maximum Gasteiger partial charge on any atom is 0.430 e. The zero-order valence-corrected chi connectivity index (χ0v) is 14.1. The van der Waals surface area contributed by atoms with Crippen LogP contribution >= 0.6 is 0 Å². The van der Waals surface area contributed by atoms with Gasteiger partial charge in [0.2, 0.25) is 5.95 Å². The summed E-state index contributed by atoms with van der Waals surface area (Å²) in [4.78, 5) is 9.34. The molecule has 5 N–H and O–H groups in total. The number of alkyl halides is 6. The van der Waals surface area contributed by atoms with Crippen molar-refractivity contribution < 1.29 is 31.4 Å². The number of hydrogen-bond acceptors (Lipinski definition) is 6. The van der Waals surface area contributed by atoms with Gasteiger partial charge in [0.05, 0.1) is 0 Å². The van der Waals surface area contributed by atoms with Crippen LogP contribution in [-0.4, -0.2) is 34.0 Å². The quantitative estimate of drug-likeness (QED) is 0.676. The van der Waals surface area contributed by atoms with Gasteiger partial charge in [-0.25, -0.2) is 4.98 Å². The smallest absolute Gasteiger partial charge is 0.383 e. The molecule has 0 spiro atoms. The van der Waals surface area contributed by atoms with Crippen LogP contribution in [0.4, 0.5) is 43.8 Å². The van der Waals surface area contributed by atoms with Gasteiger partial charge in [-0.15, -0.1) is 0 Å². The molecule has 0 saturated heterocycles. The van der Waals surface area contributed by atoms with Crippen LogP contribution < -0.4 is 16.4 Å². The highest BCUT2D eigenvalue weighted by atomic mass is 19.4. The van der Waals surface area contributed by atoms with Crippen molar-refractivity contribution in [2.75, 3.05) is 22.9 Å². The Labute approximate surface area is 154 Å².